The third-order valence-electron chi connectivity index (χ3n) is 5.63. The van der Waals surface area contributed by atoms with Crippen molar-refractivity contribution >= 4 is 21.9 Å². The summed E-state index contributed by atoms with van der Waals surface area (Å²) in [6, 6.07) is 20.9. The van der Waals surface area contributed by atoms with Crippen LogP contribution in [0.15, 0.2) is 77.5 Å². The highest BCUT2D eigenvalue weighted by Crippen LogP contribution is 2.41. The fraction of sp³-hybridized carbons (Fsp3) is 0.192. The molecule has 0 unspecified atom stereocenters. The molecule has 0 fully saturated rings. The Bertz CT molecular complexity index is 1310. The average Bonchev–Trinajstić information content (AvgIpc) is 3.37. The first kappa shape index (κ1) is 17.7. The Hall–Kier alpha value is -3.33. The van der Waals surface area contributed by atoms with Crippen molar-refractivity contribution < 1.29 is 4.42 Å². The second-order valence-electron chi connectivity index (χ2n) is 7.76. The molecular formula is C26H24N2O. The number of aromatic nitrogens is 2. The number of aryl methyl sites for hydroxylation is 1. The average molecular weight is 380 g/mol. The summed E-state index contributed by atoms with van der Waals surface area (Å²) in [6.45, 7) is 6.73. The lowest BCUT2D eigenvalue weighted by Crippen LogP contribution is -2.07. The topological polar surface area (TPSA) is 31.0 Å². The van der Waals surface area contributed by atoms with Crippen molar-refractivity contribution in [3.8, 4) is 17.1 Å². The monoisotopic (exact) mass is 380 g/mol. The molecule has 2 aromatic heterocycles. The molecule has 0 saturated carbocycles. The lowest BCUT2D eigenvalue weighted by atomic mass is 9.91. The lowest BCUT2D eigenvalue weighted by molar-refractivity contribution is 0.667. The van der Waals surface area contributed by atoms with Gasteiger partial charge in [0.2, 0.25) is 0 Å². The van der Waals surface area contributed by atoms with Gasteiger partial charge in [0.15, 0.2) is 0 Å². The number of hydrogen-bond donors (Lipinski definition) is 0. The zero-order valence-electron chi connectivity index (χ0n) is 17.0. The number of furan rings is 1. The van der Waals surface area contributed by atoms with Gasteiger partial charge in [0.25, 0.3) is 0 Å². The van der Waals surface area contributed by atoms with Crippen molar-refractivity contribution in [1.29, 1.82) is 0 Å². The van der Waals surface area contributed by atoms with Crippen LogP contribution >= 0.6 is 0 Å². The molecule has 0 aliphatic heterocycles. The molecule has 0 bridgehead atoms. The largest absolute Gasteiger partial charge is 0.456 e. The maximum Gasteiger partial charge on any atom is 0.144 e. The quantitative estimate of drug-likeness (QED) is 0.332. The molecule has 0 radical (unpaired) electrons. The minimum absolute atomic E-state index is 0.339. The molecule has 29 heavy (non-hydrogen) atoms. The summed E-state index contributed by atoms with van der Waals surface area (Å²) < 4.78 is 8.50. The molecule has 5 aromatic rings. The van der Waals surface area contributed by atoms with Crippen LogP contribution in [-0.4, -0.2) is 9.55 Å². The van der Waals surface area contributed by atoms with Crippen LogP contribution in [0.1, 0.15) is 37.8 Å². The van der Waals surface area contributed by atoms with E-state index in [9.17, 15) is 0 Å². The van der Waals surface area contributed by atoms with E-state index in [4.69, 9.17) is 9.40 Å². The van der Waals surface area contributed by atoms with E-state index in [-0.39, 0.29) is 0 Å². The Morgan fingerprint density at radius 2 is 1.72 bits per heavy atom. The fourth-order valence-corrected chi connectivity index (χ4v) is 4.36. The summed E-state index contributed by atoms with van der Waals surface area (Å²) in [4.78, 5) is 4.71. The molecule has 0 atom stereocenters. The summed E-state index contributed by atoms with van der Waals surface area (Å²) in [7, 11) is 0. The van der Waals surface area contributed by atoms with Crippen LogP contribution in [-0.2, 0) is 6.42 Å². The molecule has 3 nitrogen and oxygen atoms in total. The van der Waals surface area contributed by atoms with Gasteiger partial charge < -0.3 is 4.42 Å². The molecule has 0 saturated heterocycles. The van der Waals surface area contributed by atoms with Crippen molar-refractivity contribution in [3.05, 3.63) is 84.2 Å². The number of imidazole rings is 1. The molecule has 3 heteroatoms. The van der Waals surface area contributed by atoms with Crippen molar-refractivity contribution in [1.82, 2.24) is 9.55 Å². The minimum Gasteiger partial charge on any atom is -0.456 e. The van der Waals surface area contributed by atoms with Crippen molar-refractivity contribution in [3.63, 3.8) is 0 Å². The van der Waals surface area contributed by atoms with Gasteiger partial charge in [-0.3, -0.25) is 4.57 Å². The highest BCUT2D eigenvalue weighted by Gasteiger charge is 2.23. The van der Waals surface area contributed by atoms with Gasteiger partial charge in [0.05, 0.1) is 5.69 Å². The van der Waals surface area contributed by atoms with Gasteiger partial charge >= 0.3 is 0 Å². The van der Waals surface area contributed by atoms with Gasteiger partial charge in [-0.15, -0.1) is 0 Å². The number of rotatable bonds is 4. The van der Waals surface area contributed by atoms with Crippen LogP contribution in [0.2, 0.25) is 0 Å². The maximum absolute atomic E-state index is 6.25. The van der Waals surface area contributed by atoms with E-state index in [1.807, 2.05) is 18.3 Å². The van der Waals surface area contributed by atoms with Crippen molar-refractivity contribution in [2.24, 2.45) is 0 Å². The van der Waals surface area contributed by atoms with Crippen molar-refractivity contribution in [2.75, 3.05) is 0 Å². The van der Waals surface area contributed by atoms with Crippen LogP contribution in [0.4, 0.5) is 0 Å². The normalized spacial score (nSPS) is 11.7. The molecule has 5 rings (SSSR count). The Morgan fingerprint density at radius 3 is 2.48 bits per heavy atom. The third-order valence-corrected chi connectivity index (χ3v) is 5.63. The van der Waals surface area contributed by atoms with Crippen LogP contribution in [0.3, 0.4) is 0 Å². The Morgan fingerprint density at radius 1 is 0.966 bits per heavy atom. The van der Waals surface area contributed by atoms with E-state index in [1.165, 1.54) is 27.6 Å². The smallest absolute Gasteiger partial charge is 0.144 e. The van der Waals surface area contributed by atoms with Crippen molar-refractivity contribution in [2.45, 2.75) is 33.1 Å². The second-order valence-corrected chi connectivity index (χ2v) is 7.76. The predicted molar refractivity (Wildman–Crippen MR) is 120 cm³/mol. The molecule has 0 N–H and O–H groups in total. The number of benzene rings is 3. The van der Waals surface area contributed by atoms with E-state index in [0.717, 1.165) is 29.0 Å². The van der Waals surface area contributed by atoms with E-state index in [2.05, 4.69) is 80.1 Å². The number of nitrogens with zero attached hydrogens (tertiary/aromatic N) is 2. The molecule has 2 heterocycles. The first-order valence-electron chi connectivity index (χ1n) is 10.2. The molecule has 3 aromatic carbocycles. The van der Waals surface area contributed by atoms with Gasteiger partial charge in [-0.05, 0) is 35.6 Å². The van der Waals surface area contributed by atoms with Gasteiger partial charge in [-0.1, -0.05) is 69.3 Å². The van der Waals surface area contributed by atoms with Gasteiger partial charge in [-0.2, -0.15) is 0 Å². The number of hydrogen-bond acceptors (Lipinski definition) is 2. The summed E-state index contributed by atoms with van der Waals surface area (Å²) in [5.74, 6) is 1.31. The van der Waals surface area contributed by atoms with Gasteiger partial charge in [0.1, 0.15) is 17.0 Å². The van der Waals surface area contributed by atoms with E-state index >= 15 is 0 Å². The summed E-state index contributed by atoms with van der Waals surface area (Å²) >= 11 is 0. The Balaban J connectivity index is 1.91. The second kappa shape index (κ2) is 6.93. The first-order valence-corrected chi connectivity index (χ1v) is 10.2. The molecule has 0 spiro atoms. The van der Waals surface area contributed by atoms with Gasteiger partial charge in [0, 0.05) is 28.7 Å². The standard InChI is InChI=1S/C26H24N2O/c1-4-18-16-22-24(20-12-8-9-13-21(20)29-22)23(17(2)3)25(18)28-15-14-27-26(28)19-10-6-5-7-11-19/h5-17H,4H2,1-3H3. The fourth-order valence-electron chi connectivity index (χ4n) is 4.36. The van der Waals surface area contributed by atoms with Crippen LogP contribution in [0, 0.1) is 0 Å². The zero-order valence-corrected chi connectivity index (χ0v) is 17.0. The first-order chi connectivity index (χ1) is 14.2. The summed E-state index contributed by atoms with van der Waals surface area (Å²) in [5.41, 5.74) is 6.86. The number of fused-ring (bicyclic) bond motifs is 3. The summed E-state index contributed by atoms with van der Waals surface area (Å²) in [5, 5.41) is 2.40. The van der Waals surface area contributed by atoms with E-state index in [0.29, 0.717) is 5.92 Å². The highest BCUT2D eigenvalue weighted by molar-refractivity contribution is 6.08. The minimum atomic E-state index is 0.339. The van der Waals surface area contributed by atoms with Crippen LogP contribution < -0.4 is 0 Å². The highest BCUT2D eigenvalue weighted by atomic mass is 16.3. The number of para-hydroxylation sites is 1. The Labute approximate surface area is 170 Å². The summed E-state index contributed by atoms with van der Waals surface area (Å²) in [6.07, 6.45) is 4.90. The van der Waals surface area contributed by atoms with E-state index in [1.54, 1.807) is 0 Å². The van der Waals surface area contributed by atoms with Gasteiger partial charge in [-0.25, -0.2) is 4.98 Å². The molecule has 0 aliphatic rings. The lowest BCUT2D eigenvalue weighted by Gasteiger charge is -2.20. The zero-order chi connectivity index (χ0) is 20.0. The predicted octanol–water partition coefficient (Wildman–Crippen LogP) is 7.12. The molecule has 0 amide bonds. The van der Waals surface area contributed by atoms with E-state index < -0.39 is 0 Å². The third kappa shape index (κ3) is 2.77. The molecule has 144 valence electrons. The Kier molecular flexibility index (Phi) is 4.24. The molecular weight excluding hydrogens is 356 g/mol. The van der Waals surface area contributed by atoms with Crippen LogP contribution in [0.25, 0.3) is 39.0 Å². The molecule has 0 aliphatic carbocycles. The van der Waals surface area contributed by atoms with Crippen LogP contribution in [0.5, 0.6) is 0 Å². The SMILES string of the molecule is CCc1cc2oc3ccccc3c2c(C(C)C)c1-n1ccnc1-c1ccccc1. The maximum atomic E-state index is 6.25.